The van der Waals surface area contributed by atoms with Crippen LogP contribution in [0.5, 0.6) is 0 Å². The Morgan fingerprint density at radius 1 is 1.35 bits per heavy atom. The molecule has 2 nitrogen and oxygen atoms in total. The number of nitrogens with zero attached hydrogens (tertiary/aromatic N) is 1. The smallest absolute Gasteiger partial charge is 0.123 e. The SMILES string of the molecule is CC1CCC(C#N)(C(C)(O)Cc2ccc(F)cc2)CC1. The van der Waals surface area contributed by atoms with Crippen molar-refractivity contribution < 1.29 is 9.50 Å². The lowest BCUT2D eigenvalue weighted by Crippen LogP contribution is -2.48. The molecule has 0 spiro atoms. The van der Waals surface area contributed by atoms with Gasteiger partial charge in [0.25, 0.3) is 0 Å². The van der Waals surface area contributed by atoms with Gasteiger partial charge in [-0.2, -0.15) is 5.26 Å². The van der Waals surface area contributed by atoms with E-state index in [1.807, 2.05) is 0 Å². The van der Waals surface area contributed by atoms with E-state index in [9.17, 15) is 14.8 Å². The predicted octanol–water partition coefficient (Wildman–Crippen LogP) is 3.84. The van der Waals surface area contributed by atoms with Crippen molar-refractivity contribution in [3.8, 4) is 6.07 Å². The Kier molecular flexibility index (Phi) is 4.15. The maximum atomic E-state index is 12.9. The second-order valence-electron chi connectivity index (χ2n) is 6.45. The number of hydrogen-bond donors (Lipinski definition) is 1. The van der Waals surface area contributed by atoms with E-state index >= 15 is 0 Å². The number of benzene rings is 1. The molecule has 1 aromatic rings. The Labute approximate surface area is 120 Å². The van der Waals surface area contributed by atoms with Gasteiger partial charge in [0.05, 0.1) is 17.1 Å². The van der Waals surface area contributed by atoms with E-state index in [1.165, 1.54) is 12.1 Å². The van der Waals surface area contributed by atoms with Crippen LogP contribution in [0.25, 0.3) is 0 Å². The number of halogens is 1. The van der Waals surface area contributed by atoms with Crippen LogP contribution in [-0.4, -0.2) is 10.7 Å². The van der Waals surface area contributed by atoms with Gasteiger partial charge in [-0.3, -0.25) is 0 Å². The first kappa shape index (κ1) is 15.0. The summed E-state index contributed by atoms with van der Waals surface area (Å²) in [6.45, 7) is 3.94. The van der Waals surface area contributed by atoms with E-state index in [1.54, 1.807) is 19.1 Å². The molecule has 0 bridgehead atoms. The van der Waals surface area contributed by atoms with Crippen molar-refractivity contribution in [2.75, 3.05) is 0 Å². The third kappa shape index (κ3) is 2.86. The monoisotopic (exact) mass is 275 g/mol. The summed E-state index contributed by atoms with van der Waals surface area (Å²) in [5.74, 6) is 0.341. The summed E-state index contributed by atoms with van der Waals surface area (Å²) in [4.78, 5) is 0. The number of aliphatic hydroxyl groups is 1. The molecule has 1 fully saturated rings. The zero-order valence-electron chi connectivity index (χ0n) is 12.2. The Morgan fingerprint density at radius 2 is 1.90 bits per heavy atom. The van der Waals surface area contributed by atoms with E-state index in [4.69, 9.17) is 0 Å². The van der Waals surface area contributed by atoms with Gasteiger partial charge in [-0.25, -0.2) is 4.39 Å². The van der Waals surface area contributed by atoms with Gasteiger partial charge < -0.3 is 5.11 Å². The van der Waals surface area contributed by atoms with Gasteiger partial charge in [0, 0.05) is 6.42 Å². The summed E-state index contributed by atoms with van der Waals surface area (Å²) < 4.78 is 12.9. The molecule has 1 aliphatic carbocycles. The molecule has 0 heterocycles. The van der Waals surface area contributed by atoms with Crippen LogP contribution in [0.15, 0.2) is 24.3 Å². The summed E-state index contributed by atoms with van der Waals surface area (Å²) in [7, 11) is 0. The average Bonchev–Trinajstić information content (AvgIpc) is 2.42. The fourth-order valence-corrected chi connectivity index (χ4v) is 3.19. The van der Waals surface area contributed by atoms with E-state index in [2.05, 4.69) is 13.0 Å². The minimum absolute atomic E-state index is 0.283. The minimum atomic E-state index is -1.08. The molecule has 0 aliphatic heterocycles. The molecule has 1 atom stereocenters. The molecule has 3 heteroatoms. The van der Waals surface area contributed by atoms with Crippen LogP contribution >= 0.6 is 0 Å². The molecule has 0 amide bonds. The van der Waals surface area contributed by atoms with Crippen molar-refractivity contribution in [3.63, 3.8) is 0 Å². The maximum Gasteiger partial charge on any atom is 0.123 e. The first-order valence-corrected chi connectivity index (χ1v) is 7.27. The highest BCUT2D eigenvalue weighted by atomic mass is 19.1. The van der Waals surface area contributed by atoms with Crippen LogP contribution in [0.4, 0.5) is 4.39 Å². The molecule has 1 saturated carbocycles. The molecular formula is C17H22FNO. The molecular weight excluding hydrogens is 253 g/mol. The predicted molar refractivity (Wildman–Crippen MR) is 76.4 cm³/mol. The van der Waals surface area contributed by atoms with Crippen LogP contribution in [0, 0.1) is 28.5 Å². The highest BCUT2D eigenvalue weighted by molar-refractivity contribution is 5.22. The zero-order valence-corrected chi connectivity index (χ0v) is 12.2. The van der Waals surface area contributed by atoms with Crippen LogP contribution in [0.2, 0.25) is 0 Å². The molecule has 1 aliphatic rings. The molecule has 1 unspecified atom stereocenters. The van der Waals surface area contributed by atoms with Crippen LogP contribution in [0.3, 0.4) is 0 Å². The van der Waals surface area contributed by atoms with Gasteiger partial charge in [-0.15, -0.1) is 0 Å². The Morgan fingerprint density at radius 3 is 2.40 bits per heavy atom. The summed E-state index contributed by atoms with van der Waals surface area (Å²) in [6, 6.07) is 8.54. The largest absolute Gasteiger partial charge is 0.388 e. The lowest BCUT2D eigenvalue weighted by atomic mass is 9.61. The average molecular weight is 275 g/mol. The quantitative estimate of drug-likeness (QED) is 0.910. The fourth-order valence-electron chi connectivity index (χ4n) is 3.19. The molecule has 108 valence electrons. The lowest BCUT2D eigenvalue weighted by molar-refractivity contribution is -0.0621. The normalized spacial score (nSPS) is 29.4. The fraction of sp³-hybridized carbons (Fsp3) is 0.588. The first-order valence-electron chi connectivity index (χ1n) is 7.27. The van der Waals surface area contributed by atoms with E-state index in [0.29, 0.717) is 12.3 Å². The van der Waals surface area contributed by atoms with Gasteiger partial charge in [0.2, 0.25) is 0 Å². The standard InChI is InChI=1S/C17H22FNO/c1-13-7-9-17(12-19,10-8-13)16(2,20)11-14-3-5-15(18)6-4-14/h3-6,13,20H,7-11H2,1-2H3. The van der Waals surface area contributed by atoms with Crippen molar-refractivity contribution in [1.29, 1.82) is 5.26 Å². The highest BCUT2D eigenvalue weighted by Crippen LogP contribution is 2.47. The summed E-state index contributed by atoms with van der Waals surface area (Å²) in [5, 5.41) is 20.5. The molecule has 1 N–H and O–H groups in total. The zero-order chi connectivity index (χ0) is 14.8. The van der Waals surface area contributed by atoms with E-state index < -0.39 is 11.0 Å². The van der Waals surface area contributed by atoms with Gasteiger partial charge in [0.15, 0.2) is 0 Å². The number of nitriles is 1. The number of rotatable bonds is 3. The summed E-state index contributed by atoms with van der Waals surface area (Å²) in [5.41, 5.74) is -0.905. The highest BCUT2D eigenvalue weighted by Gasteiger charge is 2.48. The third-order valence-corrected chi connectivity index (χ3v) is 4.83. The van der Waals surface area contributed by atoms with Crippen LogP contribution < -0.4 is 0 Å². The van der Waals surface area contributed by atoms with Crippen molar-refractivity contribution in [2.24, 2.45) is 11.3 Å². The van der Waals surface area contributed by atoms with Gasteiger partial charge in [-0.05, 0) is 56.2 Å². The molecule has 20 heavy (non-hydrogen) atoms. The van der Waals surface area contributed by atoms with Crippen LogP contribution in [0.1, 0.15) is 45.1 Å². The third-order valence-electron chi connectivity index (χ3n) is 4.83. The second kappa shape index (κ2) is 5.54. The van der Waals surface area contributed by atoms with Crippen molar-refractivity contribution in [2.45, 2.75) is 51.6 Å². The minimum Gasteiger partial charge on any atom is -0.388 e. The first-order chi connectivity index (χ1) is 9.38. The van der Waals surface area contributed by atoms with Crippen molar-refractivity contribution in [1.82, 2.24) is 0 Å². The van der Waals surface area contributed by atoms with Gasteiger partial charge in [0.1, 0.15) is 5.82 Å². The molecule has 0 aromatic heterocycles. The molecule has 0 saturated heterocycles. The van der Waals surface area contributed by atoms with Crippen molar-refractivity contribution in [3.05, 3.63) is 35.6 Å². The topological polar surface area (TPSA) is 44.0 Å². The summed E-state index contributed by atoms with van der Waals surface area (Å²) >= 11 is 0. The maximum absolute atomic E-state index is 12.9. The Hall–Kier alpha value is -1.40. The molecule has 1 aromatic carbocycles. The Balaban J connectivity index is 2.19. The Bertz CT molecular complexity index is 493. The van der Waals surface area contributed by atoms with Gasteiger partial charge >= 0.3 is 0 Å². The lowest BCUT2D eigenvalue weighted by Gasteiger charge is -2.44. The van der Waals surface area contributed by atoms with Crippen LogP contribution in [-0.2, 0) is 6.42 Å². The molecule has 0 radical (unpaired) electrons. The van der Waals surface area contributed by atoms with Gasteiger partial charge in [-0.1, -0.05) is 19.1 Å². The van der Waals surface area contributed by atoms with E-state index in [-0.39, 0.29) is 5.82 Å². The number of hydrogen-bond acceptors (Lipinski definition) is 2. The van der Waals surface area contributed by atoms with Crippen molar-refractivity contribution >= 4 is 0 Å². The second-order valence-corrected chi connectivity index (χ2v) is 6.45. The summed E-state index contributed by atoms with van der Waals surface area (Å²) in [6.07, 6.45) is 3.81. The molecule has 2 rings (SSSR count). The van der Waals surface area contributed by atoms with E-state index in [0.717, 1.165) is 31.2 Å².